The van der Waals surface area contributed by atoms with E-state index < -0.39 is 9.84 Å². The van der Waals surface area contributed by atoms with E-state index in [9.17, 15) is 8.42 Å². The van der Waals surface area contributed by atoms with Gasteiger partial charge in [-0.05, 0) is 17.5 Å². The molecule has 1 aliphatic carbocycles. The lowest BCUT2D eigenvalue weighted by atomic mass is 10.1. The van der Waals surface area contributed by atoms with Gasteiger partial charge in [0.15, 0.2) is 0 Å². The SMILES string of the molecule is CS(=O)(=O)CCNC1c2ccccc2CC1Cl. The highest BCUT2D eigenvalue weighted by atomic mass is 35.5. The summed E-state index contributed by atoms with van der Waals surface area (Å²) in [5.74, 6) is 0.148. The van der Waals surface area contributed by atoms with Crippen molar-refractivity contribution in [1.29, 1.82) is 0 Å². The van der Waals surface area contributed by atoms with Crippen LogP contribution in [-0.2, 0) is 16.3 Å². The summed E-state index contributed by atoms with van der Waals surface area (Å²) < 4.78 is 22.1. The zero-order valence-corrected chi connectivity index (χ0v) is 11.3. The van der Waals surface area contributed by atoms with Gasteiger partial charge in [-0.2, -0.15) is 0 Å². The van der Waals surface area contributed by atoms with Gasteiger partial charge >= 0.3 is 0 Å². The molecular formula is C12H16ClNO2S. The summed E-state index contributed by atoms with van der Waals surface area (Å²) in [7, 11) is -2.92. The van der Waals surface area contributed by atoms with E-state index in [0.29, 0.717) is 6.54 Å². The van der Waals surface area contributed by atoms with Crippen molar-refractivity contribution in [2.24, 2.45) is 0 Å². The van der Waals surface area contributed by atoms with Crippen molar-refractivity contribution in [1.82, 2.24) is 5.32 Å². The first-order valence-electron chi connectivity index (χ1n) is 5.60. The number of sulfone groups is 1. The van der Waals surface area contributed by atoms with E-state index in [1.54, 1.807) is 0 Å². The Hall–Kier alpha value is -0.580. The lowest BCUT2D eigenvalue weighted by molar-refractivity contribution is 0.548. The van der Waals surface area contributed by atoms with Crippen LogP contribution in [0.3, 0.4) is 0 Å². The van der Waals surface area contributed by atoms with Crippen molar-refractivity contribution in [3.05, 3.63) is 35.4 Å². The van der Waals surface area contributed by atoms with Crippen molar-refractivity contribution in [2.45, 2.75) is 17.8 Å². The first-order valence-corrected chi connectivity index (χ1v) is 8.10. The van der Waals surface area contributed by atoms with Gasteiger partial charge < -0.3 is 5.32 Å². The smallest absolute Gasteiger partial charge is 0.148 e. The van der Waals surface area contributed by atoms with Gasteiger partial charge in [0.2, 0.25) is 0 Å². The second-order valence-corrected chi connectivity index (χ2v) is 7.30. The first kappa shape index (κ1) is 12.9. The van der Waals surface area contributed by atoms with Crippen molar-refractivity contribution in [3.63, 3.8) is 0 Å². The topological polar surface area (TPSA) is 46.2 Å². The third-order valence-electron chi connectivity index (χ3n) is 3.00. The highest BCUT2D eigenvalue weighted by Gasteiger charge is 2.30. The lowest BCUT2D eigenvalue weighted by Crippen LogP contribution is -2.30. The zero-order valence-electron chi connectivity index (χ0n) is 9.69. The van der Waals surface area contributed by atoms with Crippen molar-refractivity contribution < 1.29 is 8.42 Å². The molecule has 2 rings (SSSR count). The Balaban J connectivity index is 2.02. The molecule has 0 bridgehead atoms. The summed E-state index contributed by atoms with van der Waals surface area (Å²) in [6, 6.07) is 8.17. The number of hydrogen-bond acceptors (Lipinski definition) is 3. The third-order valence-corrected chi connectivity index (χ3v) is 4.36. The largest absolute Gasteiger partial charge is 0.308 e. The summed E-state index contributed by atoms with van der Waals surface area (Å²) >= 11 is 6.28. The van der Waals surface area contributed by atoms with Gasteiger partial charge in [0, 0.05) is 18.8 Å². The van der Waals surface area contributed by atoms with Crippen LogP contribution in [0.25, 0.3) is 0 Å². The summed E-state index contributed by atoms with van der Waals surface area (Å²) in [6.07, 6.45) is 2.09. The normalized spacial score (nSPS) is 23.6. The van der Waals surface area contributed by atoms with Gasteiger partial charge in [-0.3, -0.25) is 0 Å². The van der Waals surface area contributed by atoms with E-state index in [1.807, 2.05) is 12.1 Å². The quantitative estimate of drug-likeness (QED) is 0.847. The summed E-state index contributed by atoms with van der Waals surface area (Å²) in [5, 5.41) is 3.24. The standard InChI is InChI=1S/C12H16ClNO2S/c1-17(15,16)7-6-14-12-10-5-3-2-4-9(10)8-11(12)13/h2-5,11-12,14H,6-8H2,1H3. The molecule has 1 aromatic rings. The van der Waals surface area contributed by atoms with Gasteiger partial charge in [0.1, 0.15) is 9.84 Å². The fraction of sp³-hybridized carbons (Fsp3) is 0.500. The third kappa shape index (κ3) is 3.21. The molecule has 0 aromatic heterocycles. The molecule has 0 fully saturated rings. The average molecular weight is 274 g/mol. The molecule has 2 unspecified atom stereocenters. The van der Waals surface area contributed by atoms with E-state index in [-0.39, 0.29) is 17.2 Å². The van der Waals surface area contributed by atoms with Crippen LogP contribution in [0.1, 0.15) is 17.2 Å². The van der Waals surface area contributed by atoms with Crippen molar-refractivity contribution in [2.75, 3.05) is 18.6 Å². The minimum absolute atomic E-state index is 0.00644. The monoisotopic (exact) mass is 273 g/mol. The van der Waals surface area contributed by atoms with Crippen LogP contribution in [0, 0.1) is 0 Å². The molecule has 0 heterocycles. The Kier molecular flexibility index (Phi) is 3.76. The minimum atomic E-state index is -2.92. The maximum absolute atomic E-state index is 11.1. The number of halogens is 1. The molecule has 0 amide bonds. The number of benzene rings is 1. The molecule has 0 saturated carbocycles. The van der Waals surface area contributed by atoms with Crippen LogP contribution < -0.4 is 5.32 Å². The first-order chi connectivity index (χ1) is 7.97. The number of fused-ring (bicyclic) bond motifs is 1. The van der Waals surface area contributed by atoms with Gasteiger partial charge in [0.05, 0.1) is 11.1 Å². The number of alkyl halides is 1. The molecule has 94 valence electrons. The highest BCUT2D eigenvalue weighted by molar-refractivity contribution is 7.90. The van der Waals surface area contributed by atoms with E-state index in [1.165, 1.54) is 17.4 Å². The second-order valence-electron chi connectivity index (χ2n) is 4.48. The highest BCUT2D eigenvalue weighted by Crippen LogP contribution is 2.34. The van der Waals surface area contributed by atoms with E-state index in [4.69, 9.17) is 11.6 Å². The van der Waals surface area contributed by atoms with E-state index >= 15 is 0 Å². The Labute approximate surface area is 107 Å². The van der Waals surface area contributed by atoms with Crippen LogP contribution in [-0.4, -0.2) is 32.3 Å². The molecule has 0 aliphatic heterocycles. The molecule has 1 N–H and O–H groups in total. The van der Waals surface area contributed by atoms with Gasteiger partial charge in [0.25, 0.3) is 0 Å². The number of rotatable bonds is 4. The van der Waals surface area contributed by atoms with Crippen LogP contribution in [0.2, 0.25) is 0 Å². The van der Waals surface area contributed by atoms with Gasteiger partial charge in [-0.15, -0.1) is 11.6 Å². The Morgan fingerprint density at radius 3 is 2.82 bits per heavy atom. The zero-order chi connectivity index (χ0) is 12.5. The van der Waals surface area contributed by atoms with Crippen molar-refractivity contribution in [3.8, 4) is 0 Å². The Morgan fingerprint density at radius 2 is 2.12 bits per heavy atom. The molecular weight excluding hydrogens is 258 g/mol. The molecule has 3 nitrogen and oxygen atoms in total. The fourth-order valence-corrected chi connectivity index (χ4v) is 3.06. The Morgan fingerprint density at radius 1 is 1.41 bits per heavy atom. The molecule has 5 heteroatoms. The molecule has 0 radical (unpaired) electrons. The summed E-state index contributed by atoms with van der Waals surface area (Å²) in [5.41, 5.74) is 2.45. The minimum Gasteiger partial charge on any atom is -0.308 e. The Bertz CT molecular complexity index is 501. The molecule has 1 aromatic carbocycles. The average Bonchev–Trinajstić information content (AvgIpc) is 2.54. The number of nitrogens with one attached hydrogen (secondary N) is 1. The second kappa shape index (κ2) is 4.96. The summed E-state index contributed by atoms with van der Waals surface area (Å²) in [4.78, 5) is 0. The molecule has 2 atom stereocenters. The predicted molar refractivity (Wildman–Crippen MR) is 70.2 cm³/mol. The molecule has 17 heavy (non-hydrogen) atoms. The van der Waals surface area contributed by atoms with Crippen LogP contribution in [0.5, 0.6) is 0 Å². The van der Waals surface area contributed by atoms with Crippen LogP contribution >= 0.6 is 11.6 Å². The lowest BCUT2D eigenvalue weighted by Gasteiger charge is -2.17. The fourth-order valence-electron chi connectivity index (χ4n) is 2.18. The maximum atomic E-state index is 11.1. The van der Waals surface area contributed by atoms with Gasteiger partial charge in [-0.25, -0.2) is 8.42 Å². The molecule has 0 saturated heterocycles. The molecule has 0 spiro atoms. The number of hydrogen-bond donors (Lipinski definition) is 1. The van der Waals surface area contributed by atoms with Crippen LogP contribution in [0.15, 0.2) is 24.3 Å². The van der Waals surface area contributed by atoms with E-state index in [2.05, 4.69) is 17.4 Å². The van der Waals surface area contributed by atoms with Gasteiger partial charge in [-0.1, -0.05) is 24.3 Å². The molecule has 1 aliphatic rings. The van der Waals surface area contributed by atoms with Crippen LogP contribution in [0.4, 0.5) is 0 Å². The predicted octanol–water partition coefficient (Wildman–Crippen LogP) is 1.53. The van der Waals surface area contributed by atoms with E-state index in [0.717, 1.165) is 6.42 Å². The maximum Gasteiger partial charge on any atom is 0.148 e. The summed E-state index contributed by atoms with van der Waals surface area (Å²) in [6.45, 7) is 0.445. The van der Waals surface area contributed by atoms with Crippen molar-refractivity contribution >= 4 is 21.4 Å².